The van der Waals surface area contributed by atoms with Crippen LogP contribution < -0.4 is 0 Å². The molecular weight excluding hydrogens is 294 g/mol. The molecule has 5 heteroatoms. The van der Waals surface area contributed by atoms with Gasteiger partial charge in [0.05, 0.1) is 24.3 Å². The van der Waals surface area contributed by atoms with Crippen molar-refractivity contribution in [3.8, 4) is 0 Å². The van der Waals surface area contributed by atoms with E-state index in [-0.39, 0.29) is 30.5 Å². The van der Waals surface area contributed by atoms with Crippen molar-refractivity contribution in [3.63, 3.8) is 0 Å². The molecule has 0 saturated heterocycles. The zero-order chi connectivity index (χ0) is 16.0. The third-order valence-corrected chi connectivity index (χ3v) is 4.53. The monoisotopic (exact) mass is 309 g/mol. The highest BCUT2D eigenvalue weighted by atomic mass is 16.5. The number of aromatic nitrogens is 1. The molecule has 1 heterocycles. The van der Waals surface area contributed by atoms with E-state index in [0.29, 0.717) is 24.1 Å². The number of fused-ring (bicyclic) bond motifs is 3. The van der Waals surface area contributed by atoms with Crippen molar-refractivity contribution in [2.45, 2.75) is 31.8 Å². The third kappa shape index (κ3) is 2.24. The van der Waals surface area contributed by atoms with Gasteiger partial charge >= 0.3 is 0 Å². The van der Waals surface area contributed by atoms with E-state index in [2.05, 4.69) is 5.16 Å². The van der Waals surface area contributed by atoms with Crippen molar-refractivity contribution in [1.29, 1.82) is 0 Å². The predicted octanol–water partition coefficient (Wildman–Crippen LogP) is 2.88. The summed E-state index contributed by atoms with van der Waals surface area (Å²) in [4.78, 5) is 23.7. The van der Waals surface area contributed by atoms with Crippen LogP contribution in [-0.4, -0.2) is 21.8 Å². The molecule has 1 saturated carbocycles. The maximum absolute atomic E-state index is 12.2. The molecule has 1 N–H and O–H groups in total. The molecule has 0 amide bonds. The summed E-state index contributed by atoms with van der Waals surface area (Å²) in [6.45, 7) is -0.0201. The molecular formula is C18H15NO4. The molecule has 0 radical (unpaired) electrons. The average Bonchev–Trinajstić information content (AvgIpc) is 2.98. The first kappa shape index (κ1) is 14.1. The van der Waals surface area contributed by atoms with Gasteiger partial charge in [-0.2, -0.15) is 0 Å². The van der Waals surface area contributed by atoms with Gasteiger partial charge in [-0.3, -0.25) is 9.59 Å². The van der Waals surface area contributed by atoms with Crippen molar-refractivity contribution >= 4 is 33.3 Å². The van der Waals surface area contributed by atoms with Crippen LogP contribution in [0.2, 0.25) is 0 Å². The number of aliphatic hydroxyl groups is 1. The van der Waals surface area contributed by atoms with Gasteiger partial charge in [-0.15, -0.1) is 0 Å². The Morgan fingerprint density at radius 1 is 1.22 bits per heavy atom. The SMILES string of the molecule is O=C1CC[C@H](c2noc3ccc4cc(CO)ccc4c23)C(=O)C1. The summed E-state index contributed by atoms with van der Waals surface area (Å²) in [5, 5.41) is 16.2. The standard InChI is InChI=1S/C18H15NO4/c20-9-10-1-4-13-11(7-10)2-6-16-17(13)18(19-23-16)14-5-3-12(21)8-15(14)22/h1-2,4,6-7,14,20H,3,5,8-9H2/t14-/m0/s1. The Morgan fingerprint density at radius 2 is 2.09 bits per heavy atom. The van der Waals surface area contributed by atoms with E-state index in [1.807, 2.05) is 30.3 Å². The molecule has 23 heavy (non-hydrogen) atoms. The Balaban J connectivity index is 1.92. The minimum absolute atomic E-state index is 0.00324. The van der Waals surface area contributed by atoms with E-state index >= 15 is 0 Å². The number of ketones is 2. The van der Waals surface area contributed by atoms with Crippen LogP contribution in [-0.2, 0) is 16.2 Å². The first-order valence-electron chi connectivity index (χ1n) is 7.63. The second-order valence-corrected chi connectivity index (χ2v) is 5.99. The summed E-state index contributed by atoms with van der Waals surface area (Å²) in [5.41, 5.74) is 2.09. The summed E-state index contributed by atoms with van der Waals surface area (Å²) < 4.78 is 5.41. The molecule has 0 unspecified atom stereocenters. The maximum Gasteiger partial charge on any atom is 0.167 e. The fourth-order valence-corrected chi connectivity index (χ4v) is 3.34. The van der Waals surface area contributed by atoms with Crippen LogP contribution in [0.3, 0.4) is 0 Å². The van der Waals surface area contributed by atoms with Gasteiger partial charge < -0.3 is 9.63 Å². The number of carbonyl (C=O) groups excluding carboxylic acids is 2. The van der Waals surface area contributed by atoms with E-state index in [1.54, 1.807) is 0 Å². The third-order valence-electron chi connectivity index (χ3n) is 4.53. The largest absolute Gasteiger partial charge is 0.392 e. The fourth-order valence-electron chi connectivity index (χ4n) is 3.34. The second kappa shape index (κ2) is 5.28. The molecule has 0 bridgehead atoms. The number of nitrogens with zero attached hydrogens (tertiary/aromatic N) is 1. The molecule has 5 nitrogen and oxygen atoms in total. The number of aliphatic hydroxyl groups excluding tert-OH is 1. The Kier molecular flexibility index (Phi) is 3.23. The first-order valence-corrected chi connectivity index (χ1v) is 7.63. The van der Waals surface area contributed by atoms with Gasteiger partial charge in [-0.25, -0.2) is 0 Å². The lowest BCUT2D eigenvalue weighted by Gasteiger charge is -2.17. The number of Topliss-reactive ketones (excluding diaryl/α,β-unsaturated/α-hetero) is 2. The number of hydrogen-bond acceptors (Lipinski definition) is 5. The van der Waals surface area contributed by atoms with Crippen LogP contribution >= 0.6 is 0 Å². The zero-order valence-corrected chi connectivity index (χ0v) is 12.4. The normalized spacial score (nSPS) is 18.9. The predicted molar refractivity (Wildman–Crippen MR) is 84.0 cm³/mol. The minimum atomic E-state index is -0.378. The van der Waals surface area contributed by atoms with Gasteiger partial charge in [0.2, 0.25) is 0 Å². The molecule has 2 aromatic carbocycles. The van der Waals surface area contributed by atoms with Gasteiger partial charge in [-0.1, -0.05) is 23.4 Å². The van der Waals surface area contributed by atoms with E-state index in [9.17, 15) is 14.7 Å². The number of hydrogen-bond donors (Lipinski definition) is 1. The molecule has 1 atom stereocenters. The van der Waals surface area contributed by atoms with Gasteiger partial charge in [0.15, 0.2) is 5.58 Å². The molecule has 4 rings (SSSR count). The van der Waals surface area contributed by atoms with Crippen molar-refractivity contribution in [3.05, 3.63) is 41.6 Å². The van der Waals surface area contributed by atoms with Crippen molar-refractivity contribution in [1.82, 2.24) is 5.16 Å². The highest BCUT2D eigenvalue weighted by molar-refractivity contribution is 6.11. The van der Waals surface area contributed by atoms with E-state index in [4.69, 9.17) is 4.52 Å². The van der Waals surface area contributed by atoms with E-state index in [1.165, 1.54) is 0 Å². The molecule has 1 aromatic heterocycles. The molecule has 1 fully saturated rings. The summed E-state index contributed by atoms with van der Waals surface area (Å²) in [7, 11) is 0. The van der Waals surface area contributed by atoms with Gasteiger partial charge in [-0.05, 0) is 34.9 Å². The lowest BCUT2D eigenvalue weighted by molar-refractivity contribution is -0.130. The molecule has 3 aromatic rings. The number of rotatable bonds is 2. The fraction of sp³-hybridized carbons (Fsp3) is 0.278. The van der Waals surface area contributed by atoms with Crippen LogP contribution in [0.15, 0.2) is 34.9 Å². The average molecular weight is 309 g/mol. The summed E-state index contributed by atoms with van der Waals surface area (Å²) in [6.07, 6.45) is 0.882. The highest BCUT2D eigenvalue weighted by Gasteiger charge is 2.32. The van der Waals surface area contributed by atoms with Crippen LogP contribution in [0.1, 0.15) is 36.4 Å². The van der Waals surface area contributed by atoms with Gasteiger partial charge in [0.1, 0.15) is 17.3 Å². The maximum atomic E-state index is 12.2. The van der Waals surface area contributed by atoms with Crippen LogP contribution in [0.5, 0.6) is 0 Å². The minimum Gasteiger partial charge on any atom is -0.392 e. The summed E-state index contributed by atoms with van der Waals surface area (Å²) >= 11 is 0. The lowest BCUT2D eigenvalue weighted by Crippen LogP contribution is -2.23. The smallest absolute Gasteiger partial charge is 0.167 e. The van der Waals surface area contributed by atoms with E-state index in [0.717, 1.165) is 21.7 Å². The van der Waals surface area contributed by atoms with Gasteiger partial charge in [0, 0.05) is 6.42 Å². The molecule has 1 aliphatic rings. The molecule has 0 aliphatic heterocycles. The molecule has 0 spiro atoms. The summed E-state index contributed by atoms with van der Waals surface area (Å²) in [6, 6.07) is 9.43. The Bertz CT molecular complexity index is 941. The Morgan fingerprint density at radius 3 is 2.87 bits per heavy atom. The zero-order valence-electron chi connectivity index (χ0n) is 12.4. The van der Waals surface area contributed by atoms with Crippen molar-refractivity contribution in [2.75, 3.05) is 0 Å². The quantitative estimate of drug-likeness (QED) is 0.736. The van der Waals surface area contributed by atoms with Crippen LogP contribution in [0, 0.1) is 0 Å². The molecule has 1 aliphatic carbocycles. The highest BCUT2D eigenvalue weighted by Crippen LogP contribution is 2.36. The van der Waals surface area contributed by atoms with Crippen molar-refractivity contribution < 1.29 is 19.2 Å². The van der Waals surface area contributed by atoms with E-state index < -0.39 is 0 Å². The molecule has 116 valence electrons. The number of carbonyl (C=O) groups is 2. The van der Waals surface area contributed by atoms with Gasteiger partial charge in [0.25, 0.3) is 0 Å². The van der Waals surface area contributed by atoms with Crippen LogP contribution in [0.4, 0.5) is 0 Å². The Hall–Kier alpha value is -2.53. The summed E-state index contributed by atoms with van der Waals surface area (Å²) in [5.74, 6) is -0.464. The first-order chi connectivity index (χ1) is 11.2. The van der Waals surface area contributed by atoms with Crippen molar-refractivity contribution in [2.24, 2.45) is 0 Å². The topological polar surface area (TPSA) is 80.4 Å². The Labute approximate surface area is 131 Å². The second-order valence-electron chi connectivity index (χ2n) is 5.99. The number of benzene rings is 2. The van der Waals surface area contributed by atoms with Crippen LogP contribution in [0.25, 0.3) is 21.7 Å². The lowest BCUT2D eigenvalue weighted by atomic mass is 9.83.